The molecule has 5 nitrogen and oxygen atoms in total. The molecule has 0 aliphatic carbocycles. The number of ether oxygens (including phenoxy) is 1. The van der Waals surface area contributed by atoms with Crippen molar-refractivity contribution in [1.29, 1.82) is 0 Å². The summed E-state index contributed by atoms with van der Waals surface area (Å²) >= 11 is 0. The van der Waals surface area contributed by atoms with E-state index in [0.717, 1.165) is 12.1 Å². The summed E-state index contributed by atoms with van der Waals surface area (Å²) in [6.45, 7) is 1.31. The van der Waals surface area contributed by atoms with Gasteiger partial charge in [-0.25, -0.2) is 0 Å². The molecule has 0 radical (unpaired) electrons. The van der Waals surface area contributed by atoms with Crippen LogP contribution in [0.15, 0.2) is 24.3 Å². The Morgan fingerprint density at radius 1 is 1.30 bits per heavy atom. The van der Waals surface area contributed by atoms with Gasteiger partial charge in [-0.1, -0.05) is 12.1 Å². The van der Waals surface area contributed by atoms with Crippen molar-refractivity contribution >= 4 is 11.9 Å². The van der Waals surface area contributed by atoms with Crippen LogP contribution in [0, 0.1) is 0 Å². The molecule has 0 aliphatic heterocycles. The van der Waals surface area contributed by atoms with E-state index in [1.807, 2.05) is 0 Å². The van der Waals surface area contributed by atoms with Crippen LogP contribution in [0.5, 0.6) is 5.75 Å². The standard InChI is InChI=1S/C12H12F3NO4/c1-7(11(18)19)16-10(17)6-8-2-4-9(5-3-8)20-12(13,14)15/h2-5,7H,6H2,1H3,(H,16,17)(H,18,19)/t7-/m0/s1. The maximum atomic E-state index is 11.9. The molecule has 1 aromatic rings. The number of nitrogens with one attached hydrogen (secondary N) is 1. The molecule has 20 heavy (non-hydrogen) atoms. The van der Waals surface area contributed by atoms with Crippen LogP contribution >= 0.6 is 0 Å². The van der Waals surface area contributed by atoms with E-state index in [1.54, 1.807) is 0 Å². The average Bonchev–Trinajstić information content (AvgIpc) is 2.29. The molecule has 1 aromatic carbocycles. The van der Waals surface area contributed by atoms with Gasteiger partial charge >= 0.3 is 12.3 Å². The van der Waals surface area contributed by atoms with Gasteiger partial charge in [0, 0.05) is 0 Å². The minimum absolute atomic E-state index is 0.135. The zero-order valence-corrected chi connectivity index (χ0v) is 10.4. The Bertz CT molecular complexity index is 484. The second-order valence-corrected chi connectivity index (χ2v) is 4.00. The van der Waals surface area contributed by atoms with Crippen LogP contribution in [0.4, 0.5) is 13.2 Å². The van der Waals surface area contributed by atoms with E-state index in [4.69, 9.17) is 5.11 Å². The van der Waals surface area contributed by atoms with Crippen molar-refractivity contribution < 1.29 is 32.6 Å². The summed E-state index contributed by atoms with van der Waals surface area (Å²) in [4.78, 5) is 22.0. The zero-order chi connectivity index (χ0) is 15.3. The Labute approximate surface area is 112 Å². The van der Waals surface area contributed by atoms with Crippen LogP contribution < -0.4 is 10.1 Å². The fourth-order valence-corrected chi connectivity index (χ4v) is 1.35. The molecule has 1 atom stereocenters. The number of hydrogen-bond donors (Lipinski definition) is 2. The topological polar surface area (TPSA) is 75.6 Å². The van der Waals surface area contributed by atoms with E-state index >= 15 is 0 Å². The Morgan fingerprint density at radius 3 is 2.30 bits per heavy atom. The molecule has 0 bridgehead atoms. The first kappa shape index (κ1) is 15.8. The summed E-state index contributed by atoms with van der Waals surface area (Å²) in [5, 5.41) is 10.8. The van der Waals surface area contributed by atoms with Gasteiger partial charge in [0.15, 0.2) is 0 Å². The highest BCUT2D eigenvalue weighted by atomic mass is 19.4. The average molecular weight is 291 g/mol. The molecule has 0 aromatic heterocycles. The maximum Gasteiger partial charge on any atom is 0.573 e. The Kier molecular flexibility index (Phi) is 4.95. The number of benzene rings is 1. The minimum Gasteiger partial charge on any atom is -0.480 e. The second kappa shape index (κ2) is 6.27. The van der Waals surface area contributed by atoms with Crippen molar-refractivity contribution in [3.63, 3.8) is 0 Å². The molecule has 0 fully saturated rings. The summed E-state index contributed by atoms with van der Waals surface area (Å²) in [5.41, 5.74) is 0.439. The van der Waals surface area contributed by atoms with Gasteiger partial charge in [0.25, 0.3) is 0 Å². The molecule has 0 aliphatic rings. The molecular formula is C12H12F3NO4. The number of halogens is 3. The minimum atomic E-state index is -4.77. The molecule has 0 saturated carbocycles. The van der Waals surface area contributed by atoms with Crippen LogP contribution in [0.3, 0.4) is 0 Å². The Hall–Kier alpha value is -2.25. The van der Waals surface area contributed by atoms with Crippen LogP contribution in [0.1, 0.15) is 12.5 Å². The van der Waals surface area contributed by atoms with Crippen LogP contribution in [0.2, 0.25) is 0 Å². The summed E-state index contributed by atoms with van der Waals surface area (Å²) in [7, 11) is 0. The number of aliphatic carboxylic acids is 1. The maximum absolute atomic E-state index is 11.9. The largest absolute Gasteiger partial charge is 0.573 e. The highest BCUT2D eigenvalue weighted by Crippen LogP contribution is 2.22. The first-order valence-corrected chi connectivity index (χ1v) is 5.54. The molecule has 0 heterocycles. The SMILES string of the molecule is C[C@H](NC(=O)Cc1ccc(OC(F)(F)F)cc1)C(=O)O. The number of carbonyl (C=O) groups is 2. The molecular weight excluding hydrogens is 279 g/mol. The predicted molar refractivity (Wildman–Crippen MR) is 62.1 cm³/mol. The third kappa shape index (κ3) is 5.59. The molecule has 110 valence electrons. The fraction of sp³-hybridized carbons (Fsp3) is 0.333. The molecule has 0 spiro atoms. The van der Waals surface area contributed by atoms with E-state index < -0.39 is 24.3 Å². The summed E-state index contributed by atoms with van der Waals surface area (Å²) in [6.07, 6.45) is -4.90. The lowest BCUT2D eigenvalue weighted by Gasteiger charge is -2.10. The van der Waals surface area contributed by atoms with E-state index in [9.17, 15) is 22.8 Å². The second-order valence-electron chi connectivity index (χ2n) is 4.00. The van der Waals surface area contributed by atoms with Gasteiger partial charge in [-0.15, -0.1) is 13.2 Å². The van der Waals surface area contributed by atoms with E-state index in [1.165, 1.54) is 19.1 Å². The highest BCUT2D eigenvalue weighted by molar-refractivity contribution is 5.84. The van der Waals surface area contributed by atoms with Gasteiger partial charge in [0.2, 0.25) is 5.91 Å². The molecule has 1 rings (SSSR count). The number of carboxylic acids is 1. The monoisotopic (exact) mass is 291 g/mol. The summed E-state index contributed by atoms with van der Waals surface area (Å²) in [6, 6.07) is 3.72. The van der Waals surface area contributed by atoms with E-state index in [-0.39, 0.29) is 12.2 Å². The lowest BCUT2D eigenvalue weighted by atomic mass is 10.1. The van der Waals surface area contributed by atoms with Crippen molar-refractivity contribution in [2.24, 2.45) is 0 Å². The normalized spacial score (nSPS) is 12.6. The Morgan fingerprint density at radius 2 is 1.85 bits per heavy atom. The van der Waals surface area contributed by atoms with Crippen LogP contribution in [-0.4, -0.2) is 29.4 Å². The lowest BCUT2D eigenvalue weighted by molar-refractivity contribution is -0.274. The number of alkyl halides is 3. The number of carboxylic acid groups (broad SMARTS) is 1. The van der Waals surface area contributed by atoms with Gasteiger partial charge < -0.3 is 15.2 Å². The Balaban J connectivity index is 2.57. The number of amides is 1. The third-order valence-electron chi connectivity index (χ3n) is 2.27. The number of hydrogen-bond acceptors (Lipinski definition) is 3. The van der Waals surface area contributed by atoms with Crippen LogP contribution in [0.25, 0.3) is 0 Å². The van der Waals surface area contributed by atoms with E-state index in [2.05, 4.69) is 10.1 Å². The van der Waals surface area contributed by atoms with Gasteiger partial charge in [0.05, 0.1) is 6.42 Å². The lowest BCUT2D eigenvalue weighted by Crippen LogP contribution is -2.39. The number of rotatable bonds is 5. The van der Waals surface area contributed by atoms with Crippen molar-refractivity contribution in [2.75, 3.05) is 0 Å². The van der Waals surface area contributed by atoms with Gasteiger partial charge in [-0.3, -0.25) is 9.59 Å². The fourth-order valence-electron chi connectivity index (χ4n) is 1.35. The number of carbonyl (C=O) groups excluding carboxylic acids is 1. The zero-order valence-electron chi connectivity index (χ0n) is 10.4. The predicted octanol–water partition coefficient (Wildman–Crippen LogP) is 1.72. The molecule has 0 unspecified atom stereocenters. The van der Waals surface area contributed by atoms with Crippen molar-refractivity contribution in [2.45, 2.75) is 25.7 Å². The highest BCUT2D eigenvalue weighted by Gasteiger charge is 2.30. The van der Waals surface area contributed by atoms with Crippen molar-refractivity contribution in [3.05, 3.63) is 29.8 Å². The first-order chi connectivity index (χ1) is 9.17. The molecule has 0 saturated heterocycles. The van der Waals surface area contributed by atoms with Crippen molar-refractivity contribution in [1.82, 2.24) is 5.32 Å². The van der Waals surface area contributed by atoms with Crippen LogP contribution in [-0.2, 0) is 16.0 Å². The summed E-state index contributed by atoms with van der Waals surface area (Å²) < 4.78 is 39.5. The quantitative estimate of drug-likeness (QED) is 0.866. The summed E-state index contributed by atoms with van der Waals surface area (Å²) in [5.74, 6) is -2.10. The van der Waals surface area contributed by atoms with Gasteiger partial charge in [0.1, 0.15) is 11.8 Å². The molecule has 8 heteroatoms. The smallest absolute Gasteiger partial charge is 0.480 e. The van der Waals surface area contributed by atoms with Gasteiger partial charge in [-0.2, -0.15) is 0 Å². The molecule has 2 N–H and O–H groups in total. The molecule has 1 amide bonds. The van der Waals surface area contributed by atoms with E-state index in [0.29, 0.717) is 5.56 Å². The van der Waals surface area contributed by atoms with Gasteiger partial charge in [-0.05, 0) is 24.6 Å². The van der Waals surface area contributed by atoms with Crippen molar-refractivity contribution in [3.8, 4) is 5.75 Å². The first-order valence-electron chi connectivity index (χ1n) is 5.54. The third-order valence-corrected chi connectivity index (χ3v) is 2.27.